The Kier molecular flexibility index (Phi) is 11.2. The van der Waals surface area contributed by atoms with Gasteiger partial charge in [0.2, 0.25) is 0 Å². The van der Waals surface area contributed by atoms with E-state index in [1.807, 2.05) is 0 Å². The topological polar surface area (TPSA) is 42.6 Å². The summed E-state index contributed by atoms with van der Waals surface area (Å²) in [4.78, 5) is 4.85. The van der Waals surface area contributed by atoms with E-state index in [1.165, 1.54) is 43.7 Å². The molecule has 0 spiro atoms. The van der Waals surface area contributed by atoms with Crippen LogP contribution in [0.25, 0.3) is 120 Å². The van der Waals surface area contributed by atoms with Gasteiger partial charge in [0, 0.05) is 83.3 Å². The van der Waals surface area contributed by atoms with Gasteiger partial charge >= 0.3 is 0 Å². The second kappa shape index (κ2) is 19.4. The molecule has 4 heterocycles. The molecule has 86 heavy (non-hydrogen) atoms. The van der Waals surface area contributed by atoms with Crippen LogP contribution in [0.5, 0.6) is 0 Å². The number of hydrogen-bond donors (Lipinski definition) is 0. The van der Waals surface area contributed by atoms with Crippen LogP contribution in [-0.2, 0) is 0 Å². The molecule has 4 aromatic heterocycles. The molecule has 17 rings (SSSR count). The number of anilines is 6. The van der Waals surface area contributed by atoms with Gasteiger partial charge in [0.15, 0.2) is 0 Å². The molecular formula is C80H58N4O2. The maximum Gasteiger partial charge on any atom is 0.139 e. The molecule has 0 amide bonds. The molecule has 410 valence electrons. The molecule has 0 unspecified atom stereocenters. The van der Waals surface area contributed by atoms with E-state index in [2.05, 4.69) is 314 Å². The number of nitrogens with zero attached hydrogens (tertiary/aromatic N) is 4. The van der Waals surface area contributed by atoms with Crippen molar-refractivity contribution in [3.8, 4) is 11.4 Å². The summed E-state index contributed by atoms with van der Waals surface area (Å²) in [6.07, 6.45) is 0. The number of aromatic nitrogens is 2. The lowest BCUT2D eigenvalue weighted by Crippen LogP contribution is -2.10. The fraction of sp³-hybridized carbons (Fsp3) is 0.0750. The van der Waals surface area contributed by atoms with Crippen LogP contribution in [0.1, 0.15) is 50.7 Å². The van der Waals surface area contributed by atoms with Crippen LogP contribution in [-0.4, -0.2) is 9.13 Å². The van der Waals surface area contributed by atoms with Crippen LogP contribution in [0.3, 0.4) is 0 Å². The maximum atomic E-state index is 6.84. The Balaban J connectivity index is 0.778. The van der Waals surface area contributed by atoms with Crippen molar-refractivity contribution in [2.75, 3.05) is 9.80 Å². The number of para-hydroxylation sites is 4. The van der Waals surface area contributed by atoms with Crippen molar-refractivity contribution < 1.29 is 8.83 Å². The molecule has 6 nitrogen and oxygen atoms in total. The Morgan fingerprint density at radius 3 is 1.08 bits per heavy atom. The van der Waals surface area contributed by atoms with Gasteiger partial charge in [-0.2, -0.15) is 0 Å². The summed E-state index contributed by atoms with van der Waals surface area (Å²) in [7, 11) is 0. The van der Waals surface area contributed by atoms with E-state index in [0.29, 0.717) is 11.8 Å². The average molecular weight is 1110 g/mol. The van der Waals surface area contributed by atoms with E-state index in [-0.39, 0.29) is 0 Å². The minimum atomic E-state index is 0.416. The van der Waals surface area contributed by atoms with E-state index >= 15 is 0 Å². The van der Waals surface area contributed by atoms with Crippen LogP contribution in [0, 0.1) is 0 Å². The lowest BCUT2D eigenvalue weighted by atomic mass is 10.0. The minimum Gasteiger partial charge on any atom is -0.456 e. The zero-order valence-corrected chi connectivity index (χ0v) is 48.2. The van der Waals surface area contributed by atoms with E-state index in [9.17, 15) is 0 Å². The minimum absolute atomic E-state index is 0.416. The summed E-state index contributed by atoms with van der Waals surface area (Å²) in [6, 6.07) is 97.6. The third-order valence-corrected chi connectivity index (χ3v) is 18.0. The second-order valence-corrected chi connectivity index (χ2v) is 23.7. The average Bonchev–Trinajstić information content (AvgIpc) is 1.72. The fourth-order valence-electron chi connectivity index (χ4n) is 13.7. The van der Waals surface area contributed by atoms with Crippen LogP contribution in [0.2, 0.25) is 0 Å². The first-order chi connectivity index (χ1) is 42.3. The normalized spacial score (nSPS) is 12.2. The summed E-state index contributed by atoms with van der Waals surface area (Å²) < 4.78 is 18.5. The highest BCUT2D eigenvalue weighted by Gasteiger charge is 2.25. The Morgan fingerprint density at radius 1 is 0.279 bits per heavy atom. The van der Waals surface area contributed by atoms with Crippen molar-refractivity contribution in [2.45, 2.75) is 39.5 Å². The fourth-order valence-corrected chi connectivity index (χ4v) is 13.7. The molecule has 0 fully saturated rings. The van der Waals surface area contributed by atoms with Crippen molar-refractivity contribution in [3.63, 3.8) is 0 Å². The van der Waals surface area contributed by atoms with Gasteiger partial charge in [-0.15, -0.1) is 0 Å². The Hall–Kier alpha value is -10.8. The van der Waals surface area contributed by atoms with Gasteiger partial charge in [0.1, 0.15) is 22.3 Å². The van der Waals surface area contributed by atoms with Gasteiger partial charge in [0.25, 0.3) is 0 Å². The van der Waals surface area contributed by atoms with Crippen molar-refractivity contribution in [1.82, 2.24) is 9.13 Å². The standard InChI is InChI=1S/C80H58N4O2/c1-49(2)51-29-35-59(36-30-51)81(71-25-15-27-73-79(71)63-21-11-13-23-69(63)83(73)57-17-7-5-8-18-57)61-39-33-53-43-65-67-47-68-66-44-54-34-40-62(42-56(54)46-76(66)86-78(68)48-77(67)85-75(65)45-55(53)41-61)82(60-37-31-52(32-38-60)50(3)4)72-26-16-28-74-80(72)64-22-12-14-24-70(64)84(74)58-19-9-6-10-20-58/h5-50H,1-4H3. The molecule has 0 aliphatic rings. The van der Waals surface area contributed by atoms with Crippen molar-refractivity contribution in [3.05, 3.63) is 278 Å². The predicted molar refractivity (Wildman–Crippen MR) is 362 cm³/mol. The summed E-state index contributed by atoms with van der Waals surface area (Å²) in [5.74, 6) is 0.832. The maximum absolute atomic E-state index is 6.84. The third kappa shape index (κ3) is 7.79. The van der Waals surface area contributed by atoms with E-state index < -0.39 is 0 Å². The molecule has 0 saturated heterocycles. The zero-order chi connectivity index (χ0) is 57.3. The Morgan fingerprint density at radius 2 is 0.651 bits per heavy atom. The SMILES string of the molecule is CC(C)c1ccc(N(c2ccc3cc4c(cc3c2)oc2cc3oc5cc6cc(N(c7ccc(C(C)C)cc7)c7cccc8c7c7ccccc7n8-c7ccccc7)ccc6cc5c3cc24)c2cccc3c2c2ccccc2n3-c2ccccc2)cc1. The van der Waals surface area contributed by atoms with E-state index in [1.54, 1.807) is 0 Å². The quantitative estimate of drug-likeness (QED) is 0.137. The molecule has 17 aromatic rings. The number of benzene rings is 13. The molecular weight excluding hydrogens is 1050 g/mol. The summed E-state index contributed by atoms with van der Waals surface area (Å²) in [5.41, 5.74) is 19.4. The monoisotopic (exact) mass is 1110 g/mol. The van der Waals surface area contributed by atoms with Gasteiger partial charge in [0.05, 0.1) is 33.4 Å². The molecule has 0 bridgehead atoms. The molecule has 6 heteroatoms. The molecule has 0 aliphatic heterocycles. The molecule has 0 radical (unpaired) electrons. The zero-order valence-electron chi connectivity index (χ0n) is 48.2. The lowest BCUT2D eigenvalue weighted by Gasteiger charge is -2.27. The first kappa shape index (κ1) is 49.8. The van der Waals surface area contributed by atoms with Crippen molar-refractivity contribution in [2.24, 2.45) is 0 Å². The summed E-state index contributed by atoms with van der Waals surface area (Å²) in [6.45, 7) is 9.00. The van der Waals surface area contributed by atoms with Crippen LogP contribution in [0.4, 0.5) is 34.1 Å². The molecule has 0 saturated carbocycles. The van der Waals surface area contributed by atoms with Crippen LogP contribution < -0.4 is 9.80 Å². The highest BCUT2D eigenvalue weighted by Crippen LogP contribution is 2.48. The predicted octanol–water partition coefficient (Wildman–Crippen LogP) is 23.2. The third-order valence-electron chi connectivity index (χ3n) is 18.0. The molecule has 0 N–H and O–H groups in total. The number of furan rings is 2. The Bertz CT molecular complexity index is 5190. The largest absolute Gasteiger partial charge is 0.456 e. The van der Waals surface area contributed by atoms with Gasteiger partial charge < -0.3 is 27.8 Å². The van der Waals surface area contributed by atoms with Gasteiger partial charge in [-0.3, -0.25) is 0 Å². The highest BCUT2D eigenvalue weighted by molar-refractivity contribution is 6.21. The lowest BCUT2D eigenvalue weighted by molar-refractivity contribution is 0.656. The van der Waals surface area contributed by atoms with Crippen LogP contribution in [0.15, 0.2) is 276 Å². The molecule has 0 aliphatic carbocycles. The van der Waals surface area contributed by atoms with E-state index in [4.69, 9.17) is 8.83 Å². The van der Waals surface area contributed by atoms with Gasteiger partial charge in [-0.1, -0.05) is 149 Å². The Labute approximate surface area is 497 Å². The van der Waals surface area contributed by atoms with Crippen molar-refractivity contribution in [1.29, 1.82) is 0 Å². The molecule has 0 atom stereocenters. The number of rotatable bonds is 10. The summed E-state index contributed by atoms with van der Waals surface area (Å²) in [5, 5.41) is 13.6. The first-order valence-electron chi connectivity index (χ1n) is 29.9. The van der Waals surface area contributed by atoms with E-state index in [0.717, 1.165) is 122 Å². The number of fused-ring (bicyclic) bond motifs is 14. The first-order valence-corrected chi connectivity index (χ1v) is 29.9. The van der Waals surface area contributed by atoms with Crippen LogP contribution >= 0.6 is 0 Å². The van der Waals surface area contributed by atoms with Gasteiger partial charge in [-0.25, -0.2) is 0 Å². The van der Waals surface area contributed by atoms with Crippen molar-refractivity contribution >= 4 is 143 Å². The molecule has 13 aromatic carbocycles. The number of hydrogen-bond acceptors (Lipinski definition) is 4. The smallest absolute Gasteiger partial charge is 0.139 e. The highest BCUT2D eigenvalue weighted by atomic mass is 16.3. The summed E-state index contributed by atoms with van der Waals surface area (Å²) >= 11 is 0. The van der Waals surface area contributed by atoms with Gasteiger partial charge in [-0.05, 0) is 184 Å². The second-order valence-electron chi connectivity index (χ2n) is 23.7.